The Balaban J connectivity index is 2.16. The fourth-order valence-electron chi connectivity index (χ4n) is 1.88. The predicted octanol–water partition coefficient (Wildman–Crippen LogP) is 5.27. The summed E-state index contributed by atoms with van der Waals surface area (Å²) in [5.74, 6) is 1.35. The van der Waals surface area contributed by atoms with E-state index in [2.05, 4.69) is 19.1 Å². The van der Waals surface area contributed by atoms with Gasteiger partial charge in [0.1, 0.15) is 12.4 Å². The molecule has 0 bridgehead atoms. The predicted molar refractivity (Wildman–Crippen MR) is 81.3 cm³/mol. The highest BCUT2D eigenvalue weighted by molar-refractivity contribution is 6.30. The van der Waals surface area contributed by atoms with Crippen LogP contribution >= 0.6 is 23.2 Å². The van der Waals surface area contributed by atoms with Crippen molar-refractivity contribution in [1.82, 2.24) is 0 Å². The average Bonchev–Trinajstić information content (AvgIpc) is 2.40. The molecule has 0 spiro atoms. The van der Waals surface area contributed by atoms with Crippen LogP contribution in [0, 0.1) is 13.8 Å². The van der Waals surface area contributed by atoms with Crippen molar-refractivity contribution in [3.05, 3.63) is 63.7 Å². The molecular weight excluding hydrogens is 279 g/mol. The Bertz CT molecular complexity index is 579. The van der Waals surface area contributed by atoms with E-state index >= 15 is 0 Å². The molecule has 100 valence electrons. The van der Waals surface area contributed by atoms with E-state index in [0.717, 1.165) is 22.4 Å². The molecule has 0 aromatic heterocycles. The maximum atomic E-state index is 5.96. The number of hydrogen-bond acceptors (Lipinski definition) is 1. The van der Waals surface area contributed by atoms with Crippen LogP contribution in [0.15, 0.2) is 36.4 Å². The van der Waals surface area contributed by atoms with Crippen molar-refractivity contribution < 1.29 is 4.74 Å². The summed E-state index contributed by atoms with van der Waals surface area (Å²) in [5.41, 5.74) is 4.40. The highest BCUT2D eigenvalue weighted by atomic mass is 35.5. The zero-order valence-electron chi connectivity index (χ0n) is 11.0. The Morgan fingerprint density at radius 2 is 1.79 bits per heavy atom. The lowest BCUT2D eigenvalue weighted by atomic mass is 10.1. The van der Waals surface area contributed by atoms with Crippen molar-refractivity contribution in [3.8, 4) is 5.75 Å². The van der Waals surface area contributed by atoms with E-state index < -0.39 is 0 Å². The molecule has 0 aliphatic rings. The zero-order valence-corrected chi connectivity index (χ0v) is 12.6. The number of aryl methyl sites for hydroxylation is 2. The Labute approximate surface area is 124 Å². The van der Waals surface area contributed by atoms with Gasteiger partial charge in [-0.1, -0.05) is 29.8 Å². The van der Waals surface area contributed by atoms with Crippen molar-refractivity contribution in [3.63, 3.8) is 0 Å². The van der Waals surface area contributed by atoms with Gasteiger partial charge in [0.25, 0.3) is 0 Å². The highest BCUT2D eigenvalue weighted by Gasteiger charge is 2.05. The van der Waals surface area contributed by atoms with E-state index in [-0.39, 0.29) is 0 Å². The molecule has 0 aliphatic heterocycles. The van der Waals surface area contributed by atoms with Crippen molar-refractivity contribution in [2.75, 3.05) is 0 Å². The third kappa shape index (κ3) is 3.65. The quantitative estimate of drug-likeness (QED) is 0.698. The normalized spacial score (nSPS) is 10.5. The smallest absolute Gasteiger partial charge is 0.122 e. The minimum Gasteiger partial charge on any atom is -0.489 e. The first-order valence-electron chi connectivity index (χ1n) is 6.13. The van der Waals surface area contributed by atoms with Crippen molar-refractivity contribution >= 4 is 23.2 Å². The van der Waals surface area contributed by atoms with Gasteiger partial charge in [-0.15, -0.1) is 11.6 Å². The molecule has 0 fully saturated rings. The maximum Gasteiger partial charge on any atom is 0.122 e. The van der Waals surface area contributed by atoms with Gasteiger partial charge in [-0.3, -0.25) is 0 Å². The Morgan fingerprint density at radius 3 is 2.53 bits per heavy atom. The Hall–Kier alpha value is -1.18. The molecule has 0 N–H and O–H groups in total. The monoisotopic (exact) mass is 294 g/mol. The molecule has 2 rings (SSSR count). The molecule has 0 heterocycles. The Kier molecular flexibility index (Phi) is 4.73. The summed E-state index contributed by atoms with van der Waals surface area (Å²) in [7, 11) is 0. The number of rotatable bonds is 4. The number of benzene rings is 2. The summed E-state index contributed by atoms with van der Waals surface area (Å²) in [6.45, 7) is 4.60. The average molecular weight is 295 g/mol. The summed E-state index contributed by atoms with van der Waals surface area (Å²) in [4.78, 5) is 0. The van der Waals surface area contributed by atoms with Gasteiger partial charge in [0, 0.05) is 10.9 Å². The topological polar surface area (TPSA) is 9.23 Å². The van der Waals surface area contributed by atoms with Gasteiger partial charge in [0.15, 0.2) is 0 Å². The van der Waals surface area contributed by atoms with E-state index in [1.807, 2.05) is 31.2 Å². The van der Waals surface area contributed by atoms with Crippen LogP contribution < -0.4 is 4.74 Å². The van der Waals surface area contributed by atoms with Crippen LogP contribution in [-0.4, -0.2) is 0 Å². The number of halogens is 2. The third-order valence-electron chi connectivity index (χ3n) is 3.04. The van der Waals surface area contributed by atoms with Gasteiger partial charge >= 0.3 is 0 Å². The first-order chi connectivity index (χ1) is 9.10. The number of hydrogen-bond donors (Lipinski definition) is 0. The van der Waals surface area contributed by atoms with Crippen LogP contribution in [0.2, 0.25) is 5.02 Å². The highest BCUT2D eigenvalue weighted by Crippen LogP contribution is 2.23. The molecule has 0 saturated carbocycles. The molecule has 1 nitrogen and oxygen atoms in total. The third-order valence-corrected chi connectivity index (χ3v) is 3.56. The second-order valence-corrected chi connectivity index (χ2v) is 5.31. The minimum absolute atomic E-state index is 0.437. The summed E-state index contributed by atoms with van der Waals surface area (Å²) in [6.07, 6.45) is 0. The van der Waals surface area contributed by atoms with Gasteiger partial charge in [0.2, 0.25) is 0 Å². The van der Waals surface area contributed by atoms with E-state index in [4.69, 9.17) is 27.9 Å². The minimum atomic E-state index is 0.437. The molecule has 2 aromatic carbocycles. The first-order valence-corrected chi connectivity index (χ1v) is 7.04. The molecule has 2 aromatic rings. The van der Waals surface area contributed by atoms with Crippen molar-refractivity contribution in [2.45, 2.75) is 26.3 Å². The van der Waals surface area contributed by atoms with Crippen LogP contribution in [0.1, 0.15) is 22.3 Å². The van der Waals surface area contributed by atoms with Gasteiger partial charge in [-0.25, -0.2) is 0 Å². The lowest BCUT2D eigenvalue weighted by Gasteiger charge is -2.12. The van der Waals surface area contributed by atoms with E-state index in [0.29, 0.717) is 17.5 Å². The van der Waals surface area contributed by atoms with Crippen molar-refractivity contribution in [1.29, 1.82) is 0 Å². The van der Waals surface area contributed by atoms with Gasteiger partial charge in [-0.2, -0.15) is 0 Å². The summed E-state index contributed by atoms with van der Waals surface area (Å²) in [5, 5.41) is 0.700. The molecule has 0 radical (unpaired) electrons. The van der Waals surface area contributed by atoms with Gasteiger partial charge in [0.05, 0.1) is 0 Å². The van der Waals surface area contributed by atoms with Crippen LogP contribution in [0.25, 0.3) is 0 Å². The second kappa shape index (κ2) is 6.31. The molecule has 0 saturated heterocycles. The molecule has 0 atom stereocenters. The van der Waals surface area contributed by atoms with Gasteiger partial charge in [-0.05, 0) is 54.3 Å². The van der Waals surface area contributed by atoms with Crippen LogP contribution in [-0.2, 0) is 12.5 Å². The summed E-state index contributed by atoms with van der Waals surface area (Å²) in [6, 6.07) is 11.9. The maximum absolute atomic E-state index is 5.96. The first kappa shape index (κ1) is 14.2. The summed E-state index contributed by atoms with van der Waals surface area (Å²) >= 11 is 11.9. The van der Waals surface area contributed by atoms with Crippen LogP contribution in [0.3, 0.4) is 0 Å². The zero-order chi connectivity index (χ0) is 13.8. The molecule has 0 amide bonds. The van der Waals surface area contributed by atoms with E-state index in [1.54, 1.807) is 0 Å². The van der Waals surface area contributed by atoms with Gasteiger partial charge < -0.3 is 4.74 Å². The Morgan fingerprint density at radius 1 is 1.00 bits per heavy atom. The standard InChI is InChI=1S/C16H16Cl2O/c1-11-3-4-12(2)16(7-11)19-10-13-5-6-15(18)8-14(13)9-17/h3-8H,9-10H2,1-2H3. The lowest BCUT2D eigenvalue weighted by Crippen LogP contribution is -2.00. The fraction of sp³-hybridized carbons (Fsp3) is 0.250. The number of ether oxygens (including phenoxy) is 1. The lowest BCUT2D eigenvalue weighted by molar-refractivity contribution is 0.303. The van der Waals surface area contributed by atoms with Crippen LogP contribution in [0.4, 0.5) is 0 Å². The summed E-state index contributed by atoms with van der Waals surface area (Å²) < 4.78 is 5.88. The molecule has 0 unspecified atom stereocenters. The molecule has 3 heteroatoms. The number of alkyl halides is 1. The molecule has 0 aliphatic carbocycles. The molecular formula is C16H16Cl2O. The molecule has 19 heavy (non-hydrogen) atoms. The largest absolute Gasteiger partial charge is 0.489 e. The SMILES string of the molecule is Cc1ccc(C)c(OCc2ccc(Cl)cc2CCl)c1. The van der Waals surface area contributed by atoms with Crippen LogP contribution in [0.5, 0.6) is 5.75 Å². The van der Waals surface area contributed by atoms with E-state index in [1.165, 1.54) is 5.56 Å². The fourth-order valence-corrected chi connectivity index (χ4v) is 2.32. The van der Waals surface area contributed by atoms with Crippen molar-refractivity contribution in [2.24, 2.45) is 0 Å². The van der Waals surface area contributed by atoms with E-state index in [9.17, 15) is 0 Å². The second-order valence-electron chi connectivity index (χ2n) is 4.60.